The quantitative estimate of drug-likeness (QED) is 0.807. The fraction of sp³-hybridized carbons (Fsp3) is 0.400. The van der Waals surface area contributed by atoms with Crippen molar-refractivity contribution in [2.45, 2.75) is 12.8 Å². The molecule has 0 spiro atoms. The number of hydrogen-bond donors (Lipinski definition) is 1. The van der Waals surface area contributed by atoms with Crippen molar-refractivity contribution in [1.29, 1.82) is 0 Å². The van der Waals surface area contributed by atoms with Crippen LogP contribution >= 0.6 is 11.6 Å². The minimum atomic E-state index is -3.06. The van der Waals surface area contributed by atoms with E-state index in [1.165, 1.54) is 0 Å². The fourth-order valence-electron chi connectivity index (χ4n) is 1.20. The lowest BCUT2D eigenvalue weighted by molar-refractivity contribution is 0.585. The maximum atomic E-state index is 10.8. The largest absolute Gasteiger partial charge is 0.215 e. The van der Waals surface area contributed by atoms with Gasteiger partial charge in [-0.15, -0.1) is 0 Å². The van der Waals surface area contributed by atoms with Gasteiger partial charge >= 0.3 is 0 Å². The molecule has 0 bridgehead atoms. The molecular formula is C10H14ClNO2S. The van der Waals surface area contributed by atoms with E-state index in [4.69, 9.17) is 11.6 Å². The second kappa shape index (κ2) is 5.49. The normalized spacial score (nSPS) is 11.6. The lowest BCUT2D eigenvalue weighted by atomic mass is 10.1. The summed E-state index contributed by atoms with van der Waals surface area (Å²) >= 11 is 5.74. The van der Waals surface area contributed by atoms with Crippen LogP contribution in [0, 0.1) is 0 Å². The minimum Gasteiger partial charge on any atom is -0.215 e. The summed E-state index contributed by atoms with van der Waals surface area (Å²) in [5.74, 6) is 0. The van der Waals surface area contributed by atoms with Crippen LogP contribution in [0.15, 0.2) is 24.3 Å². The second-order valence-electron chi connectivity index (χ2n) is 3.40. The molecule has 1 rings (SSSR count). The van der Waals surface area contributed by atoms with Crippen molar-refractivity contribution >= 4 is 21.6 Å². The number of sulfonamides is 1. The molecule has 1 N–H and O–H groups in total. The molecular weight excluding hydrogens is 234 g/mol. The zero-order valence-electron chi connectivity index (χ0n) is 8.53. The Labute approximate surface area is 95.5 Å². The lowest BCUT2D eigenvalue weighted by Crippen LogP contribution is -2.23. The van der Waals surface area contributed by atoms with Crippen molar-refractivity contribution in [3.8, 4) is 0 Å². The van der Waals surface area contributed by atoms with E-state index in [1.807, 2.05) is 24.3 Å². The summed E-state index contributed by atoms with van der Waals surface area (Å²) in [5, 5.41) is 0.716. The van der Waals surface area contributed by atoms with Gasteiger partial charge in [-0.2, -0.15) is 0 Å². The Hall–Kier alpha value is -0.580. The highest BCUT2D eigenvalue weighted by molar-refractivity contribution is 7.88. The third-order valence-electron chi connectivity index (χ3n) is 1.92. The highest BCUT2D eigenvalue weighted by Gasteiger charge is 1.99. The highest BCUT2D eigenvalue weighted by atomic mass is 35.5. The van der Waals surface area contributed by atoms with Gasteiger partial charge in [0.1, 0.15) is 0 Å². The summed E-state index contributed by atoms with van der Waals surface area (Å²) in [7, 11) is -3.06. The Bertz CT molecular complexity index is 400. The average Bonchev–Trinajstić information content (AvgIpc) is 2.14. The summed E-state index contributed by atoms with van der Waals surface area (Å²) in [6.45, 7) is 0.474. The fourth-order valence-corrected chi connectivity index (χ4v) is 1.84. The maximum absolute atomic E-state index is 10.8. The van der Waals surface area contributed by atoms with Gasteiger partial charge in [0.05, 0.1) is 6.26 Å². The third-order valence-corrected chi connectivity index (χ3v) is 2.90. The molecule has 3 nitrogen and oxygen atoms in total. The summed E-state index contributed by atoms with van der Waals surface area (Å²) in [4.78, 5) is 0. The monoisotopic (exact) mass is 247 g/mol. The van der Waals surface area contributed by atoms with Crippen molar-refractivity contribution in [2.75, 3.05) is 12.8 Å². The molecule has 0 aliphatic heterocycles. The van der Waals surface area contributed by atoms with Crippen LogP contribution in [-0.2, 0) is 16.4 Å². The Morgan fingerprint density at radius 1 is 1.27 bits per heavy atom. The van der Waals surface area contributed by atoms with Gasteiger partial charge in [0.2, 0.25) is 10.0 Å². The summed E-state index contributed by atoms with van der Waals surface area (Å²) < 4.78 is 24.0. The Morgan fingerprint density at radius 3 is 2.40 bits per heavy atom. The zero-order valence-corrected chi connectivity index (χ0v) is 10.1. The van der Waals surface area contributed by atoms with E-state index in [0.29, 0.717) is 11.6 Å². The molecule has 0 saturated carbocycles. The molecule has 84 valence electrons. The molecule has 0 aromatic heterocycles. The Balaban J connectivity index is 2.29. The number of halogens is 1. The molecule has 15 heavy (non-hydrogen) atoms. The molecule has 0 aliphatic carbocycles. The van der Waals surface area contributed by atoms with Crippen LogP contribution in [0.2, 0.25) is 5.02 Å². The molecule has 1 aromatic carbocycles. The number of rotatable bonds is 5. The van der Waals surface area contributed by atoms with Gasteiger partial charge in [-0.05, 0) is 30.5 Å². The number of aryl methyl sites for hydroxylation is 1. The van der Waals surface area contributed by atoms with Gasteiger partial charge < -0.3 is 0 Å². The van der Waals surface area contributed by atoms with Crippen molar-refractivity contribution in [3.63, 3.8) is 0 Å². The molecule has 0 heterocycles. The van der Waals surface area contributed by atoms with Gasteiger partial charge in [-0.1, -0.05) is 23.7 Å². The third kappa shape index (κ3) is 5.77. The molecule has 0 fully saturated rings. The van der Waals surface area contributed by atoms with Gasteiger partial charge in [-0.25, -0.2) is 13.1 Å². The number of nitrogens with one attached hydrogen (secondary N) is 1. The molecule has 5 heteroatoms. The lowest BCUT2D eigenvalue weighted by Gasteiger charge is -2.02. The number of benzene rings is 1. The van der Waals surface area contributed by atoms with Crippen LogP contribution in [0.1, 0.15) is 12.0 Å². The van der Waals surface area contributed by atoms with Crippen LogP contribution in [0.25, 0.3) is 0 Å². The summed E-state index contributed by atoms with van der Waals surface area (Å²) in [5.41, 5.74) is 1.16. The molecule has 0 aliphatic rings. The SMILES string of the molecule is CS(=O)(=O)NCCCc1ccc(Cl)cc1. The first-order valence-electron chi connectivity index (χ1n) is 4.66. The van der Waals surface area contributed by atoms with E-state index in [2.05, 4.69) is 4.72 Å². The van der Waals surface area contributed by atoms with E-state index >= 15 is 0 Å². The predicted octanol–water partition coefficient (Wildman–Crippen LogP) is 1.82. The van der Waals surface area contributed by atoms with Crippen LogP contribution in [0.5, 0.6) is 0 Å². The van der Waals surface area contributed by atoms with Crippen molar-refractivity contribution < 1.29 is 8.42 Å². The van der Waals surface area contributed by atoms with Crippen LogP contribution in [0.4, 0.5) is 0 Å². The average molecular weight is 248 g/mol. The second-order valence-corrected chi connectivity index (χ2v) is 5.67. The predicted molar refractivity (Wildman–Crippen MR) is 62.6 cm³/mol. The van der Waals surface area contributed by atoms with Crippen molar-refractivity contribution in [2.24, 2.45) is 0 Å². The van der Waals surface area contributed by atoms with Crippen LogP contribution < -0.4 is 4.72 Å². The first-order chi connectivity index (χ1) is 6.97. The standard InChI is InChI=1S/C10H14ClNO2S/c1-15(13,14)12-8-2-3-9-4-6-10(11)7-5-9/h4-7,12H,2-3,8H2,1H3. The molecule has 0 unspecified atom stereocenters. The summed E-state index contributed by atoms with van der Waals surface area (Å²) in [6, 6.07) is 7.56. The Kier molecular flexibility index (Phi) is 4.57. The molecule has 0 amide bonds. The topological polar surface area (TPSA) is 46.2 Å². The van der Waals surface area contributed by atoms with Gasteiger partial charge in [0, 0.05) is 11.6 Å². The molecule has 0 saturated heterocycles. The highest BCUT2D eigenvalue weighted by Crippen LogP contribution is 2.10. The molecule has 0 radical (unpaired) electrons. The van der Waals surface area contributed by atoms with Gasteiger partial charge in [0.25, 0.3) is 0 Å². The van der Waals surface area contributed by atoms with Crippen LogP contribution in [0.3, 0.4) is 0 Å². The van der Waals surface area contributed by atoms with E-state index in [9.17, 15) is 8.42 Å². The van der Waals surface area contributed by atoms with Gasteiger partial charge in [0.15, 0.2) is 0 Å². The minimum absolute atomic E-state index is 0.474. The van der Waals surface area contributed by atoms with Crippen molar-refractivity contribution in [1.82, 2.24) is 4.72 Å². The Morgan fingerprint density at radius 2 is 1.87 bits per heavy atom. The van der Waals surface area contributed by atoms with Crippen molar-refractivity contribution in [3.05, 3.63) is 34.9 Å². The zero-order chi connectivity index (χ0) is 11.3. The molecule has 0 atom stereocenters. The first kappa shape index (κ1) is 12.5. The molecule has 1 aromatic rings. The maximum Gasteiger partial charge on any atom is 0.208 e. The van der Waals surface area contributed by atoms with E-state index in [0.717, 1.165) is 24.7 Å². The van der Waals surface area contributed by atoms with Gasteiger partial charge in [-0.3, -0.25) is 0 Å². The van der Waals surface area contributed by atoms with Crippen LogP contribution in [-0.4, -0.2) is 21.2 Å². The smallest absolute Gasteiger partial charge is 0.208 e. The van der Waals surface area contributed by atoms with E-state index < -0.39 is 10.0 Å². The number of hydrogen-bond acceptors (Lipinski definition) is 2. The van der Waals surface area contributed by atoms with E-state index in [-0.39, 0.29) is 0 Å². The van der Waals surface area contributed by atoms with E-state index in [1.54, 1.807) is 0 Å². The first-order valence-corrected chi connectivity index (χ1v) is 6.93. The summed E-state index contributed by atoms with van der Waals surface area (Å²) in [6.07, 6.45) is 2.80.